The molecule has 0 saturated heterocycles. The first-order valence-electron chi connectivity index (χ1n) is 9.44. The number of amides is 1. The number of carbonyl (C=O) groups excluding carboxylic acids is 3. The monoisotopic (exact) mass is 412 g/mol. The Morgan fingerprint density at radius 2 is 1.90 bits per heavy atom. The Balaban J connectivity index is 2.37. The molecule has 1 aromatic carbocycles. The first kappa shape index (κ1) is 22.9. The molecule has 158 valence electrons. The molecule has 0 aliphatic heterocycles. The Kier molecular flexibility index (Phi) is 9.29. The zero-order valence-corrected chi connectivity index (χ0v) is 16.6. The molecule has 1 aromatic heterocycles. The van der Waals surface area contributed by atoms with Gasteiger partial charge in [-0.3, -0.25) is 19.5 Å². The van der Waals surface area contributed by atoms with Gasteiger partial charge in [0.25, 0.3) is 0 Å². The fraction of sp³-hybridized carbons (Fsp3) is 0.286. The van der Waals surface area contributed by atoms with E-state index in [1.807, 2.05) is 6.92 Å². The number of carbonyl (C=O) groups is 3. The van der Waals surface area contributed by atoms with Crippen LogP contribution in [0, 0.1) is 5.41 Å². The zero-order valence-electron chi connectivity index (χ0n) is 16.6. The van der Waals surface area contributed by atoms with Gasteiger partial charge in [-0.25, -0.2) is 4.79 Å². The van der Waals surface area contributed by atoms with Crippen LogP contribution in [0.2, 0.25) is 0 Å². The average Bonchev–Trinajstić information content (AvgIpc) is 2.78. The molecule has 0 spiro atoms. The third-order valence-electron chi connectivity index (χ3n) is 4.14. The third kappa shape index (κ3) is 6.29. The summed E-state index contributed by atoms with van der Waals surface area (Å²) < 4.78 is 4.54. The molecule has 1 atom stereocenters. The number of nitrogens with one attached hydrogen (secondary N) is 2. The van der Waals surface area contributed by atoms with Gasteiger partial charge >= 0.3 is 12.4 Å². The number of benzene rings is 1. The highest BCUT2D eigenvalue weighted by Gasteiger charge is 2.36. The molecular weight excluding hydrogens is 388 g/mol. The van der Waals surface area contributed by atoms with Crippen molar-refractivity contribution in [1.29, 1.82) is 5.41 Å². The number of ether oxygens (including phenoxy) is 1. The van der Waals surface area contributed by atoms with Gasteiger partial charge in [0.2, 0.25) is 5.91 Å². The fourth-order valence-corrected chi connectivity index (χ4v) is 2.67. The van der Waals surface area contributed by atoms with Crippen molar-refractivity contribution < 1.29 is 24.0 Å². The molecular formula is C21H24N4O5. The van der Waals surface area contributed by atoms with Gasteiger partial charge in [0.05, 0.1) is 12.3 Å². The van der Waals surface area contributed by atoms with Crippen molar-refractivity contribution in [3.63, 3.8) is 0 Å². The Hall–Kier alpha value is -3.43. The number of hydrogen-bond donors (Lipinski definition) is 2. The van der Waals surface area contributed by atoms with Gasteiger partial charge in [-0.2, -0.15) is 5.48 Å². The van der Waals surface area contributed by atoms with Crippen molar-refractivity contribution in [3.05, 3.63) is 60.4 Å². The summed E-state index contributed by atoms with van der Waals surface area (Å²) in [5.74, 6) is -1.58. The Bertz CT molecular complexity index is 845. The molecule has 0 radical (unpaired) electrons. The van der Waals surface area contributed by atoms with Crippen molar-refractivity contribution in [2.75, 3.05) is 18.1 Å². The van der Waals surface area contributed by atoms with Gasteiger partial charge in [-0.05, 0) is 30.7 Å². The van der Waals surface area contributed by atoms with Crippen LogP contribution in [0.25, 0.3) is 0 Å². The van der Waals surface area contributed by atoms with E-state index < -0.39 is 17.9 Å². The molecule has 9 nitrogen and oxygen atoms in total. The number of anilines is 1. The number of aromatic nitrogens is 1. The van der Waals surface area contributed by atoms with E-state index in [2.05, 4.69) is 15.2 Å². The highest BCUT2D eigenvalue weighted by molar-refractivity contribution is 6.20. The standard InChI is InChI=1S/C21H24N4O5/c1-2-3-13-30-24-14-18(27)25(17-7-5-4-6-8-17)20(21(28)29-15-26)19(22)16-9-11-23-12-10-16/h4-12,15,20,22,24H,2-3,13-14H2,1H3/t20-/m0/s1. The predicted molar refractivity (Wildman–Crippen MR) is 110 cm³/mol. The van der Waals surface area contributed by atoms with Crippen molar-refractivity contribution in [3.8, 4) is 0 Å². The SMILES string of the molecule is CCCCONCC(=O)N(c1ccccc1)[C@@H](C(=N)c1ccncc1)C(=O)OC=O. The number of rotatable bonds is 12. The molecule has 0 fully saturated rings. The van der Waals surface area contributed by atoms with Gasteiger partial charge in [0, 0.05) is 23.6 Å². The molecule has 2 rings (SSSR count). The Morgan fingerprint density at radius 3 is 2.53 bits per heavy atom. The normalized spacial score (nSPS) is 11.4. The molecule has 0 bridgehead atoms. The van der Waals surface area contributed by atoms with E-state index in [1.54, 1.807) is 30.3 Å². The minimum Gasteiger partial charge on any atom is -0.394 e. The minimum atomic E-state index is -1.48. The fourth-order valence-electron chi connectivity index (χ4n) is 2.67. The molecule has 9 heteroatoms. The van der Waals surface area contributed by atoms with E-state index in [0.29, 0.717) is 17.9 Å². The summed E-state index contributed by atoms with van der Waals surface area (Å²) in [7, 11) is 0. The maximum absolute atomic E-state index is 13.0. The van der Waals surface area contributed by atoms with E-state index in [4.69, 9.17) is 10.2 Å². The number of pyridine rings is 1. The number of para-hydroxylation sites is 1. The van der Waals surface area contributed by atoms with Crippen LogP contribution in [-0.2, 0) is 24.0 Å². The number of esters is 1. The van der Waals surface area contributed by atoms with Crippen LogP contribution in [0.5, 0.6) is 0 Å². The molecule has 1 amide bonds. The van der Waals surface area contributed by atoms with Crippen LogP contribution in [0.4, 0.5) is 5.69 Å². The summed E-state index contributed by atoms with van der Waals surface area (Å²) in [4.78, 5) is 46.7. The second-order valence-electron chi connectivity index (χ2n) is 6.21. The van der Waals surface area contributed by atoms with Gasteiger partial charge in [-0.15, -0.1) is 0 Å². The quantitative estimate of drug-likeness (QED) is 0.136. The van der Waals surface area contributed by atoms with Gasteiger partial charge in [0.15, 0.2) is 6.04 Å². The van der Waals surface area contributed by atoms with E-state index >= 15 is 0 Å². The number of hydrogen-bond acceptors (Lipinski definition) is 8. The van der Waals surface area contributed by atoms with Crippen molar-refractivity contribution in [1.82, 2.24) is 10.5 Å². The molecule has 0 unspecified atom stereocenters. The van der Waals surface area contributed by atoms with Crippen LogP contribution < -0.4 is 10.4 Å². The lowest BCUT2D eigenvalue weighted by Crippen LogP contribution is -2.53. The molecule has 1 heterocycles. The number of unbranched alkanes of at least 4 members (excludes halogenated alkanes) is 1. The summed E-state index contributed by atoms with van der Waals surface area (Å²) in [5.41, 5.74) is 3.09. The Labute approximate surface area is 174 Å². The van der Waals surface area contributed by atoms with Crippen molar-refractivity contribution >= 4 is 29.7 Å². The smallest absolute Gasteiger partial charge is 0.343 e. The van der Waals surface area contributed by atoms with Gasteiger partial charge in [0.1, 0.15) is 6.54 Å². The van der Waals surface area contributed by atoms with E-state index in [0.717, 1.165) is 17.7 Å². The van der Waals surface area contributed by atoms with Crippen LogP contribution in [-0.4, -0.2) is 48.2 Å². The molecule has 0 aliphatic rings. The van der Waals surface area contributed by atoms with Crippen LogP contribution in [0.1, 0.15) is 25.3 Å². The minimum absolute atomic E-state index is 0.0189. The maximum Gasteiger partial charge on any atom is 0.343 e. The summed E-state index contributed by atoms with van der Waals surface area (Å²) >= 11 is 0. The summed E-state index contributed by atoms with van der Waals surface area (Å²) in [6.45, 7) is 2.18. The molecule has 0 saturated carbocycles. The van der Waals surface area contributed by atoms with Gasteiger partial charge in [-0.1, -0.05) is 31.5 Å². The maximum atomic E-state index is 13.0. The van der Waals surface area contributed by atoms with Crippen LogP contribution in [0.3, 0.4) is 0 Å². The average molecular weight is 412 g/mol. The lowest BCUT2D eigenvalue weighted by atomic mass is 10.0. The lowest BCUT2D eigenvalue weighted by molar-refractivity contribution is -0.152. The third-order valence-corrected chi connectivity index (χ3v) is 4.14. The largest absolute Gasteiger partial charge is 0.394 e. The van der Waals surface area contributed by atoms with Crippen molar-refractivity contribution in [2.45, 2.75) is 25.8 Å². The van der Waals surface area contributed by atoms with Crippen molar-refractivity contribution in [2.24, 2.45) is 0 Å². The van der Waals surface area contributed by atoms with Crippen LogP contribution in [0.15, 0.2) is 54.9 Å². The van der Waals surface area contributed by atoms with E-state index in [9.17, 15) is 14.4 Å². The highest BCUT2D eigenvalue weighted by Crippen LogP contribution is 2.20. The molecule has 0 aliphatic carbocycles. The second-order valence-corrected chi connectivity index (χ2v) is 6.21. The topological polar surface area (TPSA) is 122 Å². The number of hydroxylamine groups is 1. The van der Waals surface area contributed by atoms with Gasteiger partial charge < -0.3 is 15.0 Å². The lowest BCUT2D eigenvalue weighted by Gasteiger charge is -2.30. The summed E-state index contributed by atoms with van der Waals surface area (Å²) in [6.07, 6.45) is 4.69. The predicted octanol–water partition coefficient (Wildman–Crippen LogP) is 1.87. The second kappa shape index (κ2) is 12.2. The summed E-state index contributed by atoms with van der Waals surface area (Å²) in [5, 5.41) is 8.55. The van der Waals surface area contributed by atoms with E-state index in [-0.39, 0.29) is 18.7 Å². The van der Waals surface area contributed by atoms with Crippen LogP contribution >= 0.6 is 0 Å². The van der Waals surface area contributed by atoms with E-state index in [1.165, 1.54) is 24.5 Å². The first-order chi connectivity index (χ1) is 14.6. The molecule has 2 aromatic rings. The first-order valence-corrected chi connectivity index (χ1v) is 9.44. The zero-order chi connectivity index (χ0) is 21.8. The number of nitrogens with zero attached hydrogens (tertiary/aromatic N) is 2. The molecule has 30 heavy (non-hydrogen) atoms. The highest BCUT2D eigenvalue weighted by atomic mass is 16.6. The summed E-state index contributed by atoms with van der Waals surface area (Å²) in [6, 6.07) is 9.97. The Morgan fingerprint density at radius 1 is 1.20 bits per heavy atom. The molecule has 2 N–H and O–H groups in total.